The third-order valence-electron chi connectivity index (χ3n) is 3.95. The average molecular weight is 264 g/mol. The average Bonchev–Trinajstić information content (AvgIpc) is 2.80. The monoisotopic (exact) mass is 264 g/mol. The first kappa shape index (κ1) is 14.1. The minimum absolute atomic E-state index is 0.129. The highest BCUT2D eigenvalue weighted by Crippen LogP contribution is 2.16. The lowest BCUT2D eigenvalue weighted by Crippen LogP contribution is -2.46. The Morgan fingerprint density at radius 3 is 3.11 bits per heavy atom. The van der Waals surface area contributed by atoms with Gasteiger partial charge in [0, 0.05) is 18.3 Å². The summed E-state index contributed by atoms with van der Waals surface area (Å²) in [7, 11) is 0. The van der Waals surface area contributed by atoms with E-state index in [1.807, 2.05) is 13.1 Å². The molecule has 0 aromatic carbocycles. The van der Waals surface area contributed by atoms with Gasteiger partial charge in [-0.15, -0.1) is 0 Å². The standard InChI is InChI=1S/C14H24N4O/c1-10-12(9-17-18-10)5-3-8-16-14(19)13-6-4-7-15-11(13)2/h9,11,13,15H,3-8H2,1-2H3,(H,16,19)(H,17,18)/t11-,13-/m1/s1. The van der Waals surface area contributed by atoms with E-state index >= 15 is 0 Å². The molecule has 19 heavy (non-hydrogen) atoms. The van der Waals surface area contributed by atoms with Crippen LogP contribution in [0.1, 0.15) is 37.4 Å². The quantitative estimate of drug-likeness (QED) is 0.699. The van der Waals surface area contributed by atoms with Gasteiger partial charge in [-0.2, -0.15) is 5.10 Å². The highest BCUT2D eigenvalue weighted by Gasteiger charge is 2.26. The van der Waals surface area contributed by atoms with Crippen LogP contribution in [0, 0.1) is 12.8 Å². The van der Waals surface area contributed by atoms with E-state index in [2.05, 4.69) is 27.8 Å². The van der Waals surface area contributed by atoms with Crippen LogP contribution in [0.15, 0.2) is 6.20 Å². The molecule has 2 heterocycles. The van der Waals surface area contributed by atoms with Gasteiger partial charge in [-0.1, -0.05) is 0 Å². The van der Waals surface area contributed by atoms with Crippen LogP contribution in [-0.2, 0) is 11.2 Å². The molecule has 1 aliphatic heterocycles. The number of aromatic amines is 1. The molecule has 3 N–H and O–H groups in total. The van der Waals surface area contributed by atoms with Crippen LogP contribution >= 0.6 is 0 Å². The Hall–Kier alpha value is -1.36. The summed E-state index contributed by atoms with van der Waals surface area (Å²) in [6, 6.07) is 0.296. The van der Waals surface area contributed by atoms with E-state index < -0.39 is 0 Å². The highest BCUT2D eigenvalue weighted by molar-refractivity contribution is 5.79. The fourth-order valence-electron chi connectivity index (χ4n) is 2.65. The molecule has 1 amide bonds. The molecular formula is C14H24N4O. The predicted molar refractivity (Wildman–Crippen MR) is 74.8 cm³/mol. The van der Waals surface area contributed by atoms with Crippen molar-refractivity contribution in [3.8, 4) is 0 Å². The number of carbonyl (C=O) groups excluding carboxylic acids is 1. The molecule has 1 saturated heterocycles. The van der Waals surface area contributed by atoms with Crippen molar-refractivity contribution in [2.45, 2.75) is 45.6 Å². The number of hydrogen-bond donors (Lipinski definition) is 3. The first-order chi connectivity index (χ1) is 9.18. The maximum atomic E-state index is 12.1. The maximum Gasteiger partial charge on any atom is 0.224 e. The molecule has 0 bridgehead atoms. The molecule has 0 radical (unpaired) electrons. The summed E-state index contributed by atoms with van der Waals surface area (Å²) in [5, 5.41) is 13.3. The van der Waals surface area contributed by atoms with Gasteiger partial charge in [0.25, 0.3) is 0 Å². The van der Waals surface area contributed by atoms with Gasteiger partial charge in [0.2, 0.25) is 5.91 Å². The van der Waals surface area contributed by atoms with Crippen molar-refractivity contribution in [2.75, 3.05) is 13.1 Å². The minimum Gasteiger partial charge on any atom is -0.356 e. The topological polar surface area (TPSA) is 69.8 Å². The number of nitrogens with zero attached hydrogens (tertiary/aromatic N) is 1. The number of H-pyrrole nitrogens is 1. The minimum atomic E-state index is 0.129. The molecule has 2 atom stereocenters. The lowest BCUT2D eigenvalue weighted by Gasteiger charge is -2.28. The van der Waals surface area contributed by atoms with E-state index in [9.17, 15) is 4.79 Å². The highest BCUT2D eigenvalue weighted by atomic mass is 16.1. The van der Waals surface area contributed by atoms with Crippen molar-refractivity contribution < 1.29 is 4.79 Å². The van der Waals surface area contributed by atoms with Gasteiger partial charge in [0.15, 0.2) is 0 Å². The fourth-order valence-corrected chi connectivity index (χ4v) is 2.65. The van der Waals surface area contributed by atoms with Crippen molar-refractivity contribution in [2.24, 2.45) is 5.92 Å². The van der Waals surface area contributed by atoms with Crippen LogP contribution in [-0.4, -0.2) is 35.2 Å². The van der Waals surface area contributed by atoms with Crippen molar-refractivity contribution in [3.05, 3.63) is 17.5 Å². The zero-order valence-corrected chi connectivity index (χ0v) is 11.8. The summed E-state index contributed by atoms with van der Waals surface area (Å²) in [5.41, 5.74) is 2.36. The molecule has 1 fully saturated rings. The number of aryl methyl sites for hydroxylation is 2. The molecule has 106 valence electrons. The van der Waals surface area contributed by atoms with Crippen molar-refractivity contribution in [1.82, 2.24) is 20.8 Å². The number of amides is 1. The Bertz CT molecular complexity index is 415. The number of nitrogens with one attached hydrogen (secondary N) is 3. The van der Waals surface area contributed by atoms with E-state index in [1.54, 1.807) is 0 Å². The molecule has 1 aromatic heterocycles. The van der Waals surface area contributed by atoms with E-state index in [4.69, 9.17) is 0 Å². The molecule has 0 saturated carbocycles. The summed E-state index contributed by atoms with van der Waals surface area (Å²) in [5.74, 6) is 0.327. The molecule has 5 heteroatoms. The predicted octanol–water partition coefficient (Wildman–Crippen LogP) is 1.16. The van der Waals surface area contributed by atoms with E-state index in [1.165, 1.54) is 5.56 Å². The Morgan fingerprint density at radius 1 is 1.58 bits per heavy atom. The number of piperidine rings is 1. The lowest BCUT2D eigenvalue weighted by atomic mass is 9.91. The smallest absolute Gasteiger partial charge is 0.224 e. The zero-order valence-electron chi connectivity index (χ0n) is 11.8. The molecule has 1 aliphatic rings. The second-order valence-electron chi connectivity index (χ2n) is 5.41. The van der Waals surface area contributed by atoms with Crippen LogP contribution in [0.5, 0.6) is 0 Å². The summed E-state index contributed by atoms with van der Waals surface area (Å²) in [6.07, 6.45) is 5.88. The summed E-state index contributed by atoms with van der Waals surface area (Å²) in [4.78, 5) is 12.1. The Morgan fingerprint density at radius 2 is 2.42 bits per heavy atom. The molecule has 5 nitrogen and oxygen atoms in total. The molecule has 0 unspecified atom stereocenters. The number of carbonyl (C=O) groups is 1. The van der Waals surface area contributed by atoms with Crippen LogP contribution < -0.4 is 10.6 Å². The molecule has 0 aliphatic carbocycles. The fraction of sp³-hybridized carbons (Fsp3) is 0.714. The van der Waals surface area contributed by atoms with Gasteiger partial charge < -0.3 is 10.6 Å². The van der Waals surface area contributed by atoms with Crippen molar-refractivity contribution >= 4 is 5.91 Å². The molecule has 1 aromatic rings. The largest absolute Gasteiger partial charge is 0.356 e. The third-order valence-corrected chi connectivity index (χ3v) is 3.95. The SMILES string of the molecule is Cc1[nH]ncc1CCCNC(=O)[C@@H]1CCCN[C@@H]1C. The first-order valence-corrected chi connectivity index (χ1v) is 7.18. The van der Waals surface area contributed by atoms with Crippen LogP contribution in [0.3, 0.4) is 0 Å². The molecule has 2 rings (SSSR count). The second-order valence-corrected chi connectivity index (χ2v) is 5.41. The number of rotatable bonds is 5. The van der Waals surface area contributed by atoms with Gasteiger partial charge in [-0.25, -0.2) is 0 Å². The molecular weight excluding hydrogens is 240 g/mol. The van der Waals surface area contributed by atoms with Gasteiger partial charge in [-0.05, 0) is 51.6 Å². The summed E-state index contributed by atoms with van der Waals surface area (Å²) >= 11 is 0. The van der Waals surface area contributed by atoms with Gasteiger partial charge in [0.1, 0.15) is 0 Å². The Kier molecular flexibility index (Phi) is 4.96. The normalized spacial score (nSPS) is 23.3. The first-order valence-electron chi connectivity index (χ1n) is 7.18. The second kappa shape index (κ2) is 6.70. The van der Waals surface area contributed by atoms with Crippen molar-refractivity contribution in [3.63, 3.8) is 0 Å². The zero-order chi connectivity index (χ0) is 13.7. The van der Waals surface area contributed by atoms with E-state index in [-0.39, 0.29) is 11.8 Å². The lowest BCUT2D eigenvalue weighted by molar-refractivity contribution is -0.126. The Balaban J connectivity index is 1.68. The third kappa shape index (κ3) is 3.80. The van der Waals surface area contributed by atoms with Crippen LogP contribution in [0.4, 0.5) is 0 Å². The molecule has 0 spiro atoms. The van der Waals surface area contributed by atoms with E-state index in [0.717, 1.165) is 44.5 Å². The number of aromatic nitrogens is 2. The van der Waals surface area contributed by atoms with Crippen LogP contribution in [0.2, 0.25) is 0 Å². The van der Waals surface area contributed by atoms with E-state index in [0.29, 0.717) is 6.04 Å². The van der Waals surface area contributed by atoms with Crippen LogP contribution in [0.25, 0.3) is 0 Å². The van der Waals surface area contributed by atoms with Gasteiger partial charge in [0.05, 0.1) is 12.1 Å². The number of hydrogen-bond acceptors (Lipinski definition) is 3. The summed E-state index contributed by atoms with van der Waals surface area (Å²) < 4.78 is 0. The summed E-state index contributed by atoms with van der Waals surface area (Å²) in [6.45, 7) is 5.89. The van der Waals surface area contributed by atoms with Crippen molar-refractivity contribution in [1.29, 1.82) is 0 Å². The van der Waals surface area contributed by atoms with Gasteiger partial charge >= 0.3 is 0 Å². The Labute approximate surface area is 114 Å². The maximum absolute atomic E-state index is 12.1. The van der Waals surface area contributed by atoms with Gasteiger partial charge in [-0.3, -0.25) is 9.89 Å².